The molecule has 2 heteroatoms. The van der Waals surface area contributed by atoms with Gasteiger partial charge < -0.3 is 4.74 Å². The predicted molar refractivity (Wildman–Crippen MR) is 77.7 cm³/mol. The zero-order valence-corrected chi connectivity index (χ0v) is 12.2. The molecule has 0 amide bonds. The third kappa shape index (κ3) is 3.37. The first kappa shape index (κ1) is 14.1. The maximum absolute atomic E-state index is 10.7. The van der Waals surface area contributed by atoms with Crippen molar-refractivity contribution in [1.29, 1.82) is 0 Å². The molecule has 1 heterocycles. The van der Waals surface area contributed by atoms with E-state index in [0.717, 1.165) is 37.7 Å². The van der Waals surface area contributed by atoms with Gasteiger partial charge in [0, 0.05) is 17.9 Å². The van der Waals surface area contributed by atoms with Gasteiger partial charge in [-0.2, -0.15) is 0 Å². The molecule has 0 aromatic rings. The summed E-state index contributed by atoms with van der Waals surface area (Å²) in [6.07, 6.45) is 11.7. The average molecular weight is 260 g/mol. The first-order valence-electron chi connectivity index (χ1n) is 7.26. The Bertz CT molecular complexity index is 429. The van der Waals surface area contributed by atoms with E-state index in [9.17, 15) is 4.79 Å². The van der Waals surface area contributed by atoms with E-state index in [1.54, 1.807) is 6.08 Å². The van der Waals surface area contributed by atoms with Gasteiger partial charge in [-0.1, -0.05) is 24.1 Å². The highest BCUT2D eigenvalue weighted by molar-refractivity contribution is 5.65. The molecule has 0 aromatic carbocycles. The second-order valence-electron chi connectivity index (χ2n) is 5.88. The standard InChI is InChI=1S/C17H24O2/c1-12-5-4-6-13(2)11-17-15(8-7-12)14(3)16(19-17)9-10-18/h5,9-11,14-15,17H,4,6-8H2,1-3H3/b12-5+,13-11+,16-9+/t14-,15-,17-/m1/s1. The van der Waals surface area contributed by atoms with E-state index >= 15 is 0 Å². The maximum atomic E-state index is 10.7. The van der Waals surface area contributed by atoms with Crippen LogP contribution in [0.1, 0.15) is 46.5 Å². The lowest BCUT2D eigenvalue weighted by Gasteiger charge is -2.19. The fraction of sp³-hybridized carbons (Fsp3) is 0.588. The quantitative estimate of drug-likeness (QED) is 0.401. The summed E-state index contributed by atoms with van der Waals surface area (Å²) in [4.78, 5) is 10.7. The first-order chi connectivity index (χ1) is 9.11. The minimum atomic E-state index is 0.145. The van der Waals surface area contributed by atoms with E-state index in [4.69, 9.17) is 4.74 Å². The highest BCUT2D eigenvalue weighted by Crippen LogP contribution is 2.40. The Morgan fingerprint density at radius 3 is 2.79 bits per heavy atom. The molecule has 0 bridgehead atoms. The van der Waals surface area contributed by atoms with Crippen LogP contribution < -0.4 is 0 Å². The van der Waals surface area contributed by atoms with Gasteiger partial charge in [0.25, 0.3) is 0 Å². The number of hydrogen-bond acceptors (Lipinski definition) is 2. The normalized spacial score (nSPS) is 39.5. The molecule has 0 saturated carbocycles. The summed E-state index contributed by atoms with van der Waals surface area (Å²) in [6.45, 7) is 6.57. The summed E-state index contributed by atoms with van der Waals surface area (Å²) in [5.74, 6) is 1.68. The number of hydrogen-bond donors (Lipinski definition) is 0. The SMILES string of the molecule is C/C1=C\[C@H]2O/C(=C/C=O)[C@H](C)[C@H]2CC/C(C)=C/CC1. The molecule has 0 N–H and O–H groups in total. The number of allylic oxidation sites excluding steroid dienone is 5. The highest BCUT2D eigenvalue weighted by atomic mass is 16.5. The molecule has 3 atom stereocenters. The maximum Gasteiger partial charge on any atom is 0.146 e. The van der Waals surface area contributed by atoms with E-state index in [1.807, 2.05) is 0 Å². The van der Waals surface area contributed by atoms with Gasteiger partial charge in [0.1, 0.15) is 18.1 Å². The largest absolute Gasteiger partial charge is 0.490 e. The number of carbonyl (C=O) groups excluding carboxylic acids is 1. The molecule has 0 spiro atoms. The second kappa shape index (κ2) is 6.23. The highest BCUT2D eigenvalue weighted by Gasteiger charge is 2.37. The Labute approximate surface area is 116 Å². The molecule has 1 aliphatic heterocycles. The summed E-state index contributed by atoms with van der Waals surface area (Å²) >= 11 is 0. The van der Waals surface area contributed by atoms with Gasteiger partial charge in [-0.3, -0.25) is 4.79 Å². The van der Waals surface area contributed by atoms with Gasteiger partial charge >= 0.3 is 0 Å². The second-order valence-corrected chi connectivity index (χ2v) is 5.88. The molecule has 2 aliphatic rings. The van der Waals surface area contributed by atoms with Crippen molar-refractivity contribution in [3.63, 3.8) is 0 Å². The van der Waals surface area contributed by atoms with E-state index in [-0.39, 0.29) is 6.10 Å². The van der Waals surface area contributed by atoms with Crippen LogP contribution in [0.2, 0.25) is 0 Å². The van der Waals surface area contributed by atoms with Crippen LogP contribution in [0.5, 0.6) is 0 Å². The zero-order valence-electron chi connectivity index (χ0n) is 12.2. The molecule has 0 radical (unpaired) electrons. The van der Waals surface area contributed by atoms with E-state index < -0.39 is 0 Å². The van der Waals surface area contributed by atoms with E-state index in [0.29, 0.717) is 11.8 Å². The Balaban J connectivity index is 2.24. The molecular weight excluding hydrogens is 236 g/mol. The van der Waals surface area contributed by atoms with Crippen LogP contribution in [0.25, 0.3) is 0 Å². The van der Waals surface area contributed by atoms with Gasteiger partial charge in [-0.15, -0.1) is 0 Å². The molecular formula is C17H24O2. The molecule has 1 aliphatic carbocycles. The Kier molecular flexibility index (Phi) is 4.62. The molecule has 1 saturated heterocycles. The van der Waals surface area contributed by atoms with Crippen LogP contribution in [-0.4, -0.2) is 12.4 Å². The van der Waals surface area contributed by atoms with Crippen LogP contribution in [0.4, 0.5) is 0 Å². The van der Waals surface area contributed by atoms with Gasteiger partial charge in [-0.05, 0) is 45.6 Å². The van der Waals surface area contributed by atoms with Crippen LogP contribution in [0, 0.1) is 11.8 Å². The predicted octanol–water partition coefficient (Wildman–Crippen LogP) is 4.19. The topological polar surface area (TPSA) is 26.3 Å². The molecule has 0 unspecified atom stereocenters. The Hall–Kier alpha value is -1.31. The molecule has 2 rings (SSSR count). The average Bonchev–Trinajstić information content (AvgIpc) is 2.64. The van der Waals surface area contributed by atoms with Crippen molar-refractivity contribution in [1.82, 2.24) is 0 Å². The molecule has 104 valence electrons. The fourth-order valence-electron chi connectivity index (χ4n) is 3.08. The minimum absolute atomic E-state index is 0.145. The molecule has 0 aromatic heterocycles. The smallest absolute Gasteiger partial charge is 0.146 e. The number of aldehydes is 1. The lowest BCUT2D eigenvalue weighted by atomic mass is 9.84. The van der Waals surface area contributed by atoms with Crippen molar-refractivity contribution in [2.24, 2.45) is 11.8 Å². The summed E-state index contributed by atoms with van der Waals surface area (Å²) in [5.41, 5.74) is 2.87. The first-order valence-corrected chi connectivity index (χ1v) is 7.26. The number of carbonyl (C=O) groups is 1. The summed E-state index contributed by atoms with van der Waals surface area (Å²) in [5, 5.41) is 0. The summed E-state index contributed by atoms with van der Waals surface area (Å²) < 4.78 is 5.99. The van der Waals surface area contributed by atoms with E-state index in [2.05, 4.69) is 32.9 Å². The Morgan fingerprint density at radius 1 is 1.26 bits per heavy atom. The van der Waals surface area contributed by atoms with Gasteiger partial charge in [-0.25, -0.2) is 0 Å². The van der Waals surface area contributed by atoms with E-state index in [1.165, 1.54) is 11.1 Å². The zero-order chi connectivity index (χ0) is 13.8. The molecule has 1 fully saturated rings. The van der Waals surface area contributed by atoms with Crippen molar-refractivity contribution in [3.8, 4) is 0 Å². The van der Waals surface area contributed by atoms with Crippen molar-refractivity contribution in [2.45, 2.75) is 52.6 Å². The van der Waals surface area contributed by atoms with Crippen LogP contribution in [-0.2, 0) is 9.53 Å². The third-order valence-electron chi connectivity index (χ3n) is 4.37. The molecule has 2 nitrogen and oxygen atoms in total. The summed E-state index contributed by atoms with van der Waals surface area (Å²) in [6, 6.07) is 0. The molecule has 19 heavy (non-hydrogen) atoms. The van der Waals surface area contributed by atoms with Crippen LogP contribution >= 0.6 is 0 Å². The van der Waals surface area contributed by atoms with Crippen LogP contribution in [0.3, 0.4) is 0 Å². The number of ether oxygens (including phenoxy) is 1. The van der Waals surface area contributed by atoms with Gasteiger partial charge in [0.05, 0.1) is 0 Å². The Morgan fingerprint density at radius 2 is 2.05 bits per heavy atom. The van der Waals surface area contributed by atoms with Crippen LogP contribution in [0.15, 0.2) is 35.1 Å². The number of fused-ring (bicyclic) bond motifs is 1. The van der Waals surface area contributed by atoms with Gasteiger partial charge in [0.2, 0.25) is 0 Å². The van der Waals surface area contributed by atoms with Crippen molar-refractivity contribution in [2.75, 3.05) is 0 Å². The lowest BCUT2D eigenvalue weighted by Crippen LogP contribution is -2.18. The minimum Gasteiger partial charge on any atom is -0.490 e. The monoisotopic (exact) mass is 260 g/mol. The van der Waals surface area contributed by atoms with Crippen molar-refractivity contribution < 1.29 is 9.53 Å². The third-order valence-corrected chi connectivity index (χ3v) is 4.37. The number of rotatable bonds is 1. The fourth-order valence-corrected chi connectivity index (χ4v) is 3.08. The van der Waals surface area contributed by atoms with Crippen molar-refractivity contribution >= 4 is 6.29 Å². The van der Waals surface area contributed by atoms with Gasteiger partial charge in [0.15, 0.2) is 0 Å². The lowest BCUT2D eigenvalue weighted by molar-refractivity contribution is -0.104. The summed E-state index contributed by atoms with van der Waals surface area (Å²) in [7, 11) is 0. The van der Waals surface area contributed by atoms with Crippen molar-refractivity contribution in [3.05, 3.63) is 35.1 Å².